The van der Waals surface area contributed by atoms with E-state index in [-0.39, 0.29) is 0 Å². The van der Waals surface area contributed by atoms with Crippen LogP contribution in [0.4, 0.5) is 0 Å². The molecule has 94 valence electrons. The van der Waals surface area contributed by atoms with E-state index in [0.29, 0.717) is 5.76 Å². The molecule has 0 spiro atoms. The number of hydrogen-bond acceptors (Lipinski definition) is 1. The zero-order chi connectivity index (χ0) is 13.5. The summed E-state index contributed by atoms with van der Waals surface area (Å²) in [4.78, 5) is 0. The molecule has 2 aromatic rings. The zero-order valence-electron chi connectivity index (χ0n) is 10.6. The molecule has 2 rings (SSSR count). The van der Waals surface area contributed by atoms with E-state index in [2.05, 4.69) is 34.4 Å². The van der Waals surface area contributed by atoms with E-state index in [0.717, 1.165) is 14.9 Å². The maximum Gasteiger partial charge on any atom is 0.186 e. The van der Waals surface area contributed by atoms with Crippen molar-refractivity contribution in [2.75, 3.05) is 0 Å². The number of rotatable bonds is 2. The molecule has 2 heteroatoms. The second-order valence-electron chi connectivity index (χ2n) is 3.89. The minimum absolute atomic E-state index is 0.690. The molecular weight excluding hydrogens is 347 g/mol. The van der Waals surface area contributed by atoms with Crippen LogP contribution in [-0.4, -0.2) is 0 Å². The van der Waals surface area contributed by atoms with Crippen LogP contribution in [-0.2, 0) is 0 Å². The van der Waals surface area contributed by atoms with E-state index in [9.17, 15) is 0 Å². The van der Waals surface area contributed by atoms with Gasteiger partial charge in [-0.2, -0.15) is 0 Å². The summed E-state index contributed by atoms with van der Waals surface area (Å²) in [5, 5.41) is 0. The van der Waals surface area contributed by atoms with Crippen molar-refractivity contribution in [2.24, 2.45) is 0 Å². The number of halogens is 1. The Labute approximate surface area is 127 Å². The first-order valence-electron chi connectivity index (χ1n) is 5.92. The average molecular weight is 360 g/mol. The highest BCUT2D eigenvalue weighted by Crippen LogP contribution is 2.18. The van der Waals surface area contributed by atoms with E-state index in [4.69, 9.17) is 4.74 Å². The summed E-state index contributed by atoms with van der Waals surface area (Å²) in [5.41, 5.74) is 0.981. The molecule has 0 aliphatic carbocycles. The lowest BCUT2D eigenvalue weighted by Crippen LogP contribution is -1.94. The summed E-state index contributed by atoms with van der Waals surface area (Å²) in [6.45, 7) is 1.98. The Balaban J connectivity index is 2.20. The number of allylic oxidation sites excluding steroid dienone is 2. The number of benzene rings is 2. The van der Waals surface area contributed by atoms with Crippen LogP contribution in [0.2, 0.25) is 0 Å². The highest BCUT2D eigenvalue weighted by Gasteiger charge is 2.00. The predicted octanol–water partition coefficient (Wildman–Crippen LogP) is 4.78. The van der Waals surface area contributed by atoms with Crippen LogP contribution in [0.1, 0.15) is 12.5 Å². The van der Waals surface area contributed by atoms with Gasteiger partial charge < -0.3 is 4.74 Å². The Morgan fingerprint density at radius 1 is 0.947 bits per heavy atom. The maximum atomic E-state index is 5.80. The maximum absolute atomic E-state index is 5.80. The standard InChI is InChI=1S/C17H13IO/c1-14(18)17(19-16-10-6-3-7-11-16)13-12-15-8-4-2-5-9-15/h2-11H,1H3/b17-14-. The van der Waals surface area contributed by atoms with Crippen LogP contribution < -0.4 is 4.74 Å². The van der Waals surface area contributed by atoms with Crippen LogP contribution in [0.5, 0.6) is 5.75 Å². The molecule has 0 atom stereocenters. The lowest BCUT2D eigenvalue weighted by molar-refractivity contribution is 0.448. The molecule has 0 aliphatic heterocycles. The summed E-state index contributed by atoms with van der Waals surface area (Å²) in [6, 6.07) is 19.6. The molecule has 0 bridgehead atoms. The van der Waals surface area contributed by atoms with Crippen molar-refractivity contribution in [2.45, 2.75) is 6.92 Å². The SMILES string of the molecule is C/C(I)=C(\C#Cc1ccccc1)Oc1ccccc1. The van der Waals surface area contributed by atoms with Gasteiger partial charge in [0.2, 0.25) is 0 Å². The molecule has 0 aromatic heterocycles. The quantitative estimate of drug-likeness (QED) is 0.425. The van der Waals surface area contributed by atoms with E-state index < -0.39 is 0 Å². The molecular formula is C17H13IO. The molecule has 0 fully saturated rings. The van der Waals surface area contributed by atoms with Gasteiger partial charge in [0.15, 0.2) is 5.76 Å². The fourth-order valence-electron chi connectivity index (χ4n) is 1.44. The number of para-hydroxylation sites is 1. The van der Waals surface area contributed by atoms with Crippen LogP contribution in [0, 0.1) is 11.8 Å². The van der Waals surface area contributed by atoms with Crippen LogP contribution in [0.25, 0.3) is 0 Å². The third-order valence-electron chi connectivity index (χ3n) is 2.37. The smallest absolute Gasteiger partial charge is 0.186 e. The summed E-state index contributed by atoms with van der Waals surface area (Å²) in [7, 11) is 0. The van der Waals surface area contributed by atoms with Crippen LogP contribution >= 0.6 is 22.6 Å². The van der Waals surface area contributed by atoms with Gasteiger partial charge in [-0.05, 0) is 59.7 Å². The van der Waals surface area contributed by atoms with Crippen molar-refractivity contribution >= 4 is 22.6 Å². The summed E-state index contributed by atoms with van der Waals surface area (Å²) >= 11 is 2.23. The van der Waals surface area contributed by atoms with Gasteiger partial charge in [0.25, 0.3) is 0 Å². The zero-order valence-corrected chi connectivity index (χ0v) is 12.7. The average Bonchev–Trinajstić information content (AvgIpc) is 2.45. The van der Waals surface area contributed by atoms with Crippen molar-refractivity contribution in [1.29, 1.82) is 0 Å². The Hall–Kier alpha value is -1.73. The van der Waals surface area contributed by atoms with Gasteiger partial charge in [-0.1, -0.05) is 42.3 Å². The van der Waals surface area contributed by atoms with E-state index in [1.165, 1.54) is 0 Å². The molecule has 0 N–H and O–H groups in total. The molecule has 19 heavy (non-hydrogen) atoms. The van der Waals surface area contributed by atoms with Gasteiger partial charge in [0.05, 0.1) is 0 Å². The highest BCUT2D eigenvalue weighted by molar-refractivity contribution is 14.1. The fraction of sp³-hybridized carbons (Fsp3) is 0.0588. The lowest BCUT2D eigenvalue weighted by Gasteiger charge is -2.05. The van der Waals surface area contributed by atoms with Gasteiger partial charge in [0.1, 0.15) is 5.75 Å². The monoisotopic (exact) mass is 360 g/mol. The van der Waals surface area contributed by atoms with Gasteiger partial charge in [-0.25, -0.2) is 0 Å². The van der Waals surface area contributed by atoms with Crippen molar-refractivity contribution < 1.29 is 4.74 Å². The topological polar surface area (TPSA) is 9.23 Å². The second kappa shape index (κ2) is 7.01. The van der Waals surface area contributed by atoms with Gasteiger partial charge in [-0.3, -0.25) is 0 Å². The van der Waals surface area contributed by atoms with Gasteiger partial charge in [-0.15, -0.1) is 0 Å². The highest BCUT2D eigenvalue weighted by atomic mass is 127. The van der Waals surface area contributed by atoms with Crippen molar-refractivity contribution in [3.8, 4) is 17.6 Å². The molecule has 0 heterocycles. The Morgan fingerprint density at radius 2 is 1.53 bits per heavy atom. The van der Waals surface area contributed by atoms with Crippen molar-refractivity contribution in [3.63, 3.8) is 0 Å². The molecule has 0 aliphatic rings. The van der Waals surface area contributed by atoms with Crippen molar-refractivity contribution in [1.82, 2.24) is 0 Å². The minimum Gasteiger partial charge on any atom is -0.448 e. The van der Waals surface area contributed by atoms with Crippen LogP contribution in [0.15, 0.2) is 70.0 Å². The first-order chi connectivity index (χ1) is 9.25. The molecule has 0 saturated carbocycles. The van der Waals surface area contributed by atoms with Crippen LogP contribution in [0.3, 0.4) is 0 Å². The van der Waals surface area contributed by atoms with Gasteiger partial charge in [0, 0.05) is 9.14 Å². The summed E-state index contributed by atoms with van der Waals surface area (Å²) < 4.78 is 6.83. The first kappa shape index (κ1) is 13.7. The lowest BCUT2D eigenvalue weighted by atomic mass is 10.2. The Morgan fingerprint density at radius 3 is 2.11 bits per heavy atom. The molecule has 1 nitrogen and oxygen atoms in total. The minimum atomic E-state index is 0.690. The number of ether oxygens (including phenoxy) is 1. The summed E-state index contributed by atoms with van der Waals surface area (Å²) in [5.74, 6) is 7.68. The van der Waals surface area contributed by atoms with E-state index in [1.807, 2.05) is 67.6 Å². The van der Waals surface area contributed by atoms with E-state index >= 15 is 0 Å². The third kappa shape index (κ3) is 4.46. The Kier molecular flexibility index (Phi) is 5.05. The molecule has 0 radical (unpaired) electrons. The molecule has 0 amide bonds. The molecule has 2 aromatic carbocycles. The molecule has 0 unspecified atom stereocenters. The molecule has 0 saturated heterocycles. The van der Waals surface area contributed by atoms with Crippen molar-refractivity contribution in [3.05, 3.63) is 75.6 Å². The van der Waals surface area contributed by atoms with E-state index in [1.54, 1.807) is 0 Å². The normalized spacial score (nSPS) is 11.1. The first-order valence-corrected chi connectivity index (χ1v) is 7.00. The van der Waals surface area contributed by atoms with Gasteiger partial charge >= 0.3 is 0 Å². The third-order valence-corrected chi connectivity index (χ3v) is 2.86. The predicted molar refractivity (Wildman–Crippen MR) is 87.1 cm³/mol. The summed E-state index contributed by atoms with van der Waals surface area (Å²) in [6.07, 6.45) is 0. The second-order valence-corrected chi connectivity index (χ2v) is 5.51. The largest absolute Gasteiger partial charge is 0.448 e. The fourth-order valence-corrected chi connectivity index (χ4v) is 1.68. The Bertz CT molecular complexity index is 615. The number of hydrogen-bond donors (Lipinski definition) is 0.